The molecule has 6 heteroatoms. The van der Waals surface area contributed by atoms with E-state index in [1.165, 1.54) is 4.90 Å². The summed E-state index contributed by atoms with van der Waals surface area (Å²) in [5.41, 5.74) is 0. The first-order valence-electron chi connectivity index (χ1n) is 9.90. The number of hydrogen-bond acceptors (Lipinski definition) is 3. The quantitative estimate of drug-likeness (QED) is 0.776. The molecule has 3 heterocycles. The average molecular weight is 357 g/mol. The van der Waals surface area contributed by atoms with Crippen LogP contribution in [0.1, 0.15) is 51.0 Å². The van der Waals surface area contributed by atoms with E-state index in [2.05, 4.69) is 17.0 Å². The van der Waals surface area contributed by atoms with Gasteiger partial charge in [0.15, 0.2) is 0 Å². The van der Waals surface area contributed by atoms with Crippen molar-refractivity contribution in [2.24, 2.45) is 11.8 Å². The Kier molecular flexibility index (Phi) is 4.83. The van der Waals surface area contributed by atoms with Gasteiger partial charge in [-0.15, -0.1) is 0 Å². The van der Waals surface area contributed by atoms with Gasteiger partial charge in [-0.1, -0.05) is 12.8 Å². The maximum atomic E-state index is 12.5. The van der Waals surface area contributed by atoms with Gasteiger partial charge in [0.2, 0.25) is 17.7 Å². The second kappa shape index (κ2) is 7.25. The maximum absolute atomic E-state index is 12.5. The van der Waals surface area contributed by atoms with Crippen LogP contribution in [-0.4, -0.2) is 51.7 Å². The molecule has 140 valence electrons. The number of likely N-dealkylation sites (tertiary alicyclic amines) is 2. The maximum Gasteiger partial charge on any atom is 0.233 e. The van der Waals surface area contributed by atoms with E-state index in [4.69, 9.17) is 0 Å². The van der Waals surface area contributed by atoms with E-state index in [1.807, 2.05) is 17.0 Å². The number of aromatic nitrogens is 1. The predicted molar refractivity (Wildman–Crippen MR) is 96.1 cm³/mol. The number of piperidine rings is 1. The highest BCUT2D eigenvalue weighted by molar-refractivity contribution is 6.05. The Morgan fingerprint density at radius 2 is 1.50 bits per heavy atom. The molecular weight excluding hydrogens is 330 g/mol. The zero-order valence-electron chi connectivity index (χ0n) is 15.2. The van der Waals surface area contributed by atoms with Gasteiger partial charge < -0.3 is 9.47 Å². The molecule has 0 N–H and O–H groups in total. The van der Waals surface area contributed by atoms with Crippen molar-refractivity contribution in [2.75, 3.05) is 19.6 Å². The predicted octanol–water partition coefficient (Wildman–Crippen LogP) is 2.22. The van der Waals surface area contributed by atoms with E-state index in [1.54, 1.807) is 0 Å². The Bertz CT molecular complexity index is 652. The number of nitrogens with zero attached hydrogens (tertiary/aromatic N) is 3. The van der Waals surface area contributed by atoms with Gasteiger partial charge in [0, 0.05) is 44.5 Å². The molecule has 2 atom stereocenters. The van der Waals surface area contributed by atoms with E-state index in [9.17, 15) is 14.4 Å². The van der Waals surface area contributed by atoms with Gasteiger partial charge in [0.25, 0.3) is 0 Å². The molecule has 3 aliphatic rings. The minimum atomic E-state index is -0.122. The Balaban J connectivity index is 1.28. The van der Waals surface area contributed by atoms with Crippen molar-refractivity contribution < 1.29 is 14.4 Å². The lowest BCUT2D eigenvalue weighted by molar-refractivity contribution is -0.141. The van der Waals surface area contributed by atoms with Gasteiger partial charge in [0.1, 0.15) is 0 Å². The number of hydrogen-bond donors (Lipinski definition) is 0. The summed E-state index contributed by atoms with van der Waals surface area (Å²) in [6.45, 7) is 1.74. The summed E-state index contributed by atoms with van der Waals surface area (Å²) in [5, 5.41) is 0. The normalized spacial score (nSPS) is 27.1. The Morgan fingerprint density at radius 3 is 2.08 bits per heavy atom. The number of rotatable bonds is 4. The van der Waals surface area contributed by atoms with Crippen molar-refractivity contribution in [2.45, 2.75) is 51.0 Å². The lowest BCUT2D eigenvalue weighted by Gasteiger charge is -2.33. The van der Waals surface area contributed by atoms with Gasteiger partial charge in [-0.25, -0.2) is 0 Å². The van der Waals surface area contributed by atoms with E-state index in [0.717, 1.165) is 51.6 Å². The van der Waals surface area contributed by atoms with Crippen LogP contribution in [0.4, 0.5) is 0 Å². The van der Waals surface area contributed by atoms with Crippen LogP contribution in [0.2, 0.25) is 0 Å². The second-order valence-corrected chi connectivity index (χ2v) is 7.82. The van der Waals surface area contributed by atoms with Crippen LogP contribution in [0.25, 0.3) is 0 Å². The zero-order valence-corrected chi connectivity index (χ0v) is 15.2. The van der Waals surface area contributed by atoms with Gasteiger partial charge in [0.05, 0.1) is 11.8 Å². The molecule has 0 radical (unpaired) electrons. The lowest BCUT2D eigenvalue weighted by Crippen LogP contribution is -2.41. The number of amides is 3. The summed E-state index contributed by atoms with van der Waals surface area (Å²) < 4.78 is 2.21. The Labute approximate surface area is 154 Å². The molecule has 1 aromatic heterocycles. The SMILES string of the molecule is O=C(CCN1C(=O)[C@H]2CCCC[C@@H]2C1=O)N1CCC(n2cccc2)CC1. The van der Waals surface area contributed by atoms with E-state index >= 15 is 0 Å². The highest BCUT2D eigenvalue weighted by atomic mass is 16.2. The van der Waals surface area contributed by atoms with Crippen molar-refractivity contribution in [3.05, 3.63) is 24.5 Å². The molecular formula is C20H27N3O3. The molecule has 0 spiro atoms. The molecule has 26 heavy (non-hydrogen) atoms. The molecule has 6 nitrogen and oxygen atoms in total. The van der Waals surface area contributed by atoms with Crippen LogP contribution in [0.15, 0.2) is 24.5 Å². The summed E-state index contributed by atoms with van der Waals surface area (Å²) in [5.74, 6) is -0.267. The molecule has 1 aromatic rings. The third-order valence-corrected chi connectivity index (χ3v) is 6.35. The Morgan fingerprint density at radius 1 is 0.923 bits per heavy atom. The van der Waals surface area contributed by atoms with Gasteiger partial charge >= 0.3 is 0 Å². The van der Waals surface area contributed by atoms with Crippen LogP contribution in [0, 0.1) is 11.8 Å². The van der Waals surface area contributed by atoms with Crippen LogP contribution < -0.4 is 0 Å². The highest BCUT2D eigenvalue weighted by Gasteiger charge is 2.47. The summed E-state index contributed by atoms with van der Waals surface area (Å²) in [7, 11) is 0. The smallest absolute Gasteiger partial charge is 0.233 e. The van der Waals surface area contributed by atoms with Crippen molar-refractivity contribution in [1.29, 1.82) is 0 Å². The van der Waals surface area contributed by atoms with Gasteiger partial charge in [-0.05, 0) is 37.8 Å². The summed E-state index contributed by atoms with van der Waals surface area (Å²) in [4.78, 5) is 40.8. The largest absolute Gasteiger partial charge is 0.351 e. The van der Waals surface area contributed by atoms with Crippen LogP contribution in [0.3, 0.4) is 0 Å². The fourth-order valence-corrected chi connectivity index (χ4v) is 4.82. The molecule has 0 unspecified atom stereocenters. The monoisotopic (exact) mass is 357 g/mol. The highest BCUT2D eigenvalue weighted by Crippen LogP contribution is 2.38. The summed E-state index contributed by atoms with van der Waals surface area (Å²) in [6, 6.07) is 4.51. The number of imide groups is 1. The third kappa shape index (κ3) is 3.17. The molecule has 1 saturated carbocycles. The van der Waals surface area contributed by atoms with E-state index in [-0.39, 0.29) is 42.5 Å². The zero-order chi connectivity index (χ0) is 18.1. The van der Waals surface area contributed by atoms with Gasteiger partial charge in [-0.3, -0.25) is 19.3 Å². The molecule has 1 aliphatic carbocycles. The molecule has 3 amide bonds. The minimum absolute atomic E-state index is 0.0428. The molecule has 2 saturated heterocycles. The van der Waals surface area contributed by atoms with Crippen molar-refractivity contribution in [1.82, 2.24) is 14.4 Å². The topological polar surface area (TPSA) is 62.6 Å². The molecule has 0 aromatic carbocycles. The number of carbonyl (C=O) groups excluding carboxylic acids is 3. The number of fused-ring (bicyclic) bond motifs is 1. The van der Waals surface area contributed by atoms with Crippen molar-refractivity contribution in [3.8, 4) is 0 Å². The minimum Gasteiger partial charge on any atom is -0.351 e. The molecule has 0 bridgehead atoms. The molecule has 2 aliphatic heterocycles. The Hall–Kier alpha value is -2.11. The average Bonchev–Trinajstić information content (AvgIpc) is 3.29. The van der Waals surface area contributed by atoms with Gasteiger partial charge in [-0.2, -0.15) is 0 Å². The first-order valence-corrected chi connectivity index (χ1v) is 9.90. The van der Waals surface area contributed by atoms with Crippen molar-refractivity contribution in [3.63, 3.8) is 0 Å². The molecule has 3 fully saturated rings. The van der Waals surface area contributed by atoms with Crippen LogP contribution >= 0.6 is 0 Å². The fourth-order valence-electron chi connectivity index (χ4n) is 4.82. The first-order chi connectivity index (χ1) is 12.6. The van der Waals surface area contributed by atoms with Crippen LogP contribution in [-0.2, 0) is 14.4 Å². The second-order valence-electron chi connectivity index (χ2n) is 7.82. The lowest BCUT2D eigenvalue weighted by atomic mass is 9.81. The standard InChI is InChI=1S/C20H27N3O3/c24-18(22-12-7-15(8-13-22)21-10-3-4-11-21)9-14-23-19(25)16-5-1-2-6-17(16)20(23)26/h3-4,10-11,15-17H,1-2,5-9,12-14H2/t16-,17-/m0/s1. The van der Waals surface area contributed by atoms with E-state index in [0.29, 0.717) is 6.04 Å². The van der Waals surface area contributed by atoms with E-state index < -0.39 is 0 Å². The van der Waals surface area contributed by atoms with Crippen molar-refractivity contribution >= 4 is 17.7 Å². The fraction of sp³-hybridized carbons (Fsp3) is 0.650. The summed E-state index contributed by atoms with van der Waals surface area (Å²) >= 11 is 0. The number of carbonyl (C=O) groups is 3. The third-order valence-electron chi connectivity index (χ3n) is 6.35. The first kappa shape index (κ1) is 17.3. The molecule has 4 rings (SSSR count). The van der Waals surface area contributed by atoms with Crippen LogP contribution in [0.5, 0.6) is 0 Å². The summed E-state index contributed by atoms with van der Waals surface area (Å²) in [6.07, 6.45) is 10.0.